The third-order valence-corrected chi connectivity index (χ3v) is 6.99. The molecule has 0 saturated carbocycles. The molecule has 0 amide bonds. The minimum atomic E-state index is -1.24. The van der Waals surface area contributed by atoms with E-state index < -0.39 is 5.60 Å². The Kier molecular flexibility index (Phi) is 4.69. The maximum absolute atomic E-state index is 10.9. The fraction of sp³-hybridized carbons (Fsp3) is 0.250. The van der Waals surface area contributed by atoms with E-state index in [4.69, 9.17) is 0 Å². The second-order valence-electron chi connectivity index (χ2n) is 7.25. The van der Waals surface area contributed by atoms with Crippen LogP contribution in [0.15, 0.2) is 48.2 Å². The molecule has 0 aliphatic rings. The third-order valence-electron chi connectivity index (χ3n) is 4.68. The minimum Gasteiger partial charge on any atom is -0.376 e. The third kappa shape index (κ3) is 3.64. The van der Waals surface area contributed by atoms with Crippen molar-refractivity contribution in [2.24, 2.45) is 0 Å². The van der Waals surface area contributed by atoms with E-state index in [1.54, 1.807) is 6.92 Å². The summed E-state index contributed by atoms with van der Waals surface area (Å²) in [7, 11) is 0. The van der Waals surface area contributed by atoms with E-state index in [0.29, 0.717) is 23.0 Å². The SMILES string of the molecule is Cc1csc(C(C)(O)c2nnc(Cc3ccn(Cc4cn5ccccc5n4)n3)s2)n1. The molecule has 5 aromatic rings. The first-order chi connectivity index (χ1) is 14.5. The summed E-state index contributed by atoms with van der Waals surface area (Å²) in [4.78, 5) is 9.01. The molecule has 30 heavy (non-hydrogen) atoms. The molecule has 10 heteroatoms. The fourth-order valence-electron chi connectivity index (χ4n) is 3.16. The lowest BCUT2D eigenvalue weighted by molar-refractivity contribution is 0.101. The molecule has 1 unspecified atom stereocenters. The average molecular weight is 438 g/mol. The summed E-state index contributed by atoms with van der Waals surface area (Å²) in [6.07, 6.45) is 6.49. The molecule has 5 heterocycles. The zero-order valence-corrected chi connectivity index (χ0v) is 18.1. The van der Waals surface area contributed by atoms with Crippen LogP contribution in [0, 0.1) is 6.92 Å². The van der Waals surface area contributed by atoms with E-state index in [0.717, 1.165) is 27.7 Å². The molecule has 8 nitrogen and oxygen atoms in total. The maximum Gasteiger partial charge on any atom is 0.166 e. The van der Waals surface area contributed by atoms with Gasteiger partial charge in [0.15, 0.2) is 10.6 Å². The summed E-state index contributed by atoms with van der Waals surface area (Å²) in [6.45, 7) is 4.21. The number of nitrogens with zero attached hydrogens (tertiary/aromatic N) is 7. The fourth-order valence-corrected chi connectivity index (χ4v) is 4.99. The van der Waals surface area contributed by atoms with Gasteiger partial charge in [-0.15, -0.1) is 21.5 Å². The minimum absolute atomic E-state index is 0.538. The van der Waals surface area contributed by atoms with E-state index in [-0.39, 0.29) is 0 Å². The van der Waals surface area contributed by atoms with Crippen molar-refractivity contribution >= 4 is 28.3 Å². The van der Waals surface area contributed by atoms with Crippen molar-refractivity contribution in [3.63, 3.8) is 0 Å². The zero-order chi connectivity index (χ0) is 20.7. The van der Waals surface area contributed by atoms with Crippen LogP contribution in [0.25, 0.3) is 5.65 Å². The maximum atomic E-state index is 10.9. The molecule has 152 valence electrons. The largest absolute Gasteiger partial charge is 0.376 e. The van der Waals surface area contributed by atoms with Gasteiger partial charge in [0, 0.05) is 36.1 Å². The summed E-state index contributed by atoms with van der Waals surface area (Å²) in [6, 6.07) is 7.90. The van der Waals surface area contributed by atoms with Crippen molar-refractivity contribution in [1.29, 1.82) is 0 Å². The van der Waals surface area contributed by atoms with Gasteiger partial charge in [-0.1, -0.05) is 17.4 Å². The predicted octanol–water partition coefficient (Wildman–Crippen LogP) is 3.04. The smallest absolute Gasteiger partial charge is 0.166 e. The van der Waals surface area contributed by atoms with Gasteiger partial charge in [0.1, 0.15) is 15.7 Å². The Balaban J connectivity index is 1.30. The Morgan fingerprint density at radius 2 is 1.97 bits per heavy atom. The summed E-state index contributed by atoms with van der Waals surface area (Å²) in [5.74, 6) is 0. The quantitative estimate of drug-likeness (QED) is 0.439. The van der Waals surface area contributed by atoms with Crippen LogP contribution in [0.4, 0.5) is 0 Å². The lowest BCUT2D eigenvalue weighted by atomic mass is 10.1. The van der Waals surface area contributed by atoms with Crippen LogP contribution >= 0.6 is 22.7 Å². The second kappa shape index (κ2) is 7.38. The number of fused-ring (bicyclic) bond motifs is 1. The van der Waals surface area contributed by atoms with Crippen molar-refractivity contribution in [2.75, 3.05) is 0 Å². The molecule has 0 aliphatic heterocycles. The highest BCUT2D eigenvalue weighted by atomic mass is 32.1. The van der Waals surface area contributed by atoms with Gasteiger partial charge >= 0.3 is 0 Å². The zero-order valence-electron chi connectivity index (χ0n) is 16.4. The number of rotatable bonds is 6. The summed E-state index contributed by atoms with van der Waals surface area (Å²) < 4.78 is 3.87. The van der Waals surface area contributed by atoms with Gasteiger partial charge in [0.25, 0.3) is 0 Å². The number of aromatic nitrogens is 7. The standard InChI is InChI=1S/C20H19N7OS2/c1-13-12-29-18(21-13)20(2,28)19-24-23-17(30-19)9-14-6-8-27(25-14)11-15-10-26-7-4-3-5-16(26)22-15/h3-8,10,12,28H,9,11H2,1-2H3. The molecular formula is C20H19N7OS2. The average Bonchev–Trinajstić information content (AvgIpc) is 3.49. The number of hydrogen-bond acceptors (Lipinski definition) is 8. The summed E-state index contributed by atoms with van der Waals surface area (Å²) >= 11 is 2.81. The molecule has 5 aromatic heterocycles. The van der Waals surface area contributed by atoms with E-state index >= 15 is 0 Å². The molecule has 0 fully saturated rings. The van der Waals surface area contributed by atoms with Crippen LogP contribution in [-0.4, -0.2) is 39.5 Å². The number of pyridine rings is 1. The molecule has 0 aliphatic carbocycles. The van der Waals surface area contributed by atoms with E-state index in [2.05, 4.69) is 25.3 Å². The number of imidazole rings is 1. The Labute approximate surface area is 180 Å². The highest BCUT2D eigenvalue weighted by Crippen LogP contribution is 2.33. The van der Waals surface area contributed by atoms with E-state index in [9.17, 15) is 5.11 Å². The van der Waals surface area contributed by atoms with Gasteiger partial charge in [-0.2, -0.15) is 5.10 Å². The van der Waals surface area contributed by atoms with Gasteiger partial charge in [0.05, 0.1) is 17.9 Å². The number of aryl methyl sites for hydroxylation is 1. The summed E-state index contributed by atoms with van der Waals surface area (Å²) in [5.41, 5.74) is 2.41. The number of hydrogen-bond donors (Lipinski definition) is 1. The highest BCUT2D eigenvalue weighted by molar-refractivity contribution is 7.12. The first-order valence-electron chi connectivity index (χ1n) is 9.40. The topological polar surface area (TPSA) is 94.0 Å². The van der Waals surface area contributed by atoms with Crippen LogP contribution in [-0.2, 0) is 18.6 Å². The van der Waals surface area contributed by atoms with Gasteiger partial charge in [-0.3, -0.25) is 4.68 Å². The molecule has 5 rings (SSSR count). The Bertz CT molecular complexity index is 1280. The van der Waals surface area contributed by atoms with Crippen LogP contribution < -0.4 is 0 Å². The molecule has 0 saturated heterocycles. The molecule has 0 aromatic carbocycles. The monoisotopic (exact) mass is 437 g/mol. The van der Waals surface area contributed by atoms with Gasteiger partial charge < -0.3 is 9.51 Å². The van der Waals surface area contributed by atoms with Crippen molar-refractivity contribution in [3.8, 4) is 0 Å². The molecule has 0 bridgehead atoms. The van der Waals surface area contributed by atoms with Crippen molar-refractivity contribution < 1.29 is 5.11 Å². The van der Waals surface area contributed by atoms with E-state index in [1.807, 2.05) is 64.2 Å². The molecule has 0 radical (unpaired) electrons. The molecular weight excluding hydrogens is 418 g/mol. The van der Waals surface area contributed by atoms with Crippen molar-refractivity contribution in [3.05, 3.63) is 80.3 Å². The Morgan fingerprint density at radius 1 is 1.07 bits per heavy atom. The van der Waals surface area contributed by atoms with Crippen LogP contribution in [0.5, 0.6) is 0 Å². The lowest BCUT2D eigenvalue weighted by Gasteiger charge is -2.16. The van der Waals surface area contributed by atoms with Crippen molar-refractivity contribution in [2.45, 2.75) is 32.4 Å². The lowest BCUT2D eigenvalue weighted by Crippen LogP contribution is -2.22. The van der Waals surface area contributed by atoms with Crippen LogP contribution in [0.2, 0.25) is 0 Å². The number of aliphatic hydroxyl groups is 1. The van der Waals surface area contributed by atoms with Gasteiger partial charge in [-0.05, 0) is 32.0 Å². The van der Waals surface area contributed by atoms with Gasteiger partial charge in [0.2, 0.25) is 0 Å². The Morgan fingerprint density at radius 3 is 2.77 bits per heavy atom. The second-order valence-corrected chi connectivity index (χ2v) is 9.17. The highest BCUT2D eigenvalue weighted by Gasteiger charge is 2.33. The normalized spacial score (nSPS) is 13.7. The van der Waals surface area contributed by atoms with Crippen LogP contribution in [0.3, 0.4) is 0 Å². The molecule has 0 spiro atoms. The number of thiazole rings is 1. The first-order valence-corrected chi connectivity index (χ1v) is 11.1. The Hall–Kier alpha value is -2.95. The first kappa shape index (κ1) is 19.0. The summed E-state index contributed by atoms with van der Waals surface area (Å²) in [5, 5.41) is 27.9. The molecule has 1 atom stereocenters. The van der Waals surface area contributed by atoms with Crippen molar-refractivity contribution in [1.82, 2.24) is 34.3 Å². The predicted molar refractivity (Wildman–Crippen MR) is 115 cm³/mol. The van der Waals surface area contributed by atoms with Gasteiger partial charge in [-0.25, -0.2) is 9.97 Å². The van der Waals surface area contributed by atoms with Crippen LogP contribution in [0.1, 0.15) is 39.0 Å². The van der Waals surface area contributed by atoms with E-state index in [1.165, 1.54) is 22.7 Å². The molecule has 1 N–H and O–H groups in total.